The molecule has 0 aliphatic carbocycles. The molecule has 0 saturated heterocycles. The molecular formula is C26H22BrN3O8. The monoisotopic (exact) mass is 583 g/mol. The number of carbonyl (C=O) groups excluding carboxylic acids is 4. The molecule has 0 unspecified atom stereocenters. The fourth-order valence-corrected chi connectivity index (χ4v) is 3.49. The maximum atomic E-state index is 12.4. The van der Waals surface area contributed by atoms with Crippen LogP contribution in [0.2, 0.25) is 0 Å². The van der Waals surface area contributed by atoms with E-state index in [1.807, 2.05) is 0 Å². The first kappa shape index (κ1) is 28.0. The van der Waals surface area contributed by atoms with Gasteiger partial charge in [-0.1, -0.05) is 22.0 Å². The highest BCUT2D eigenvalue weighted by molar-refractivity contribution is 9.10. The Balaban J connectivity index is 1.46. The Morgan fingerprint density at radius 2 is 1.55 bits per heavy atom. The van der Waals surface area contributed by atoms with Gasteiger partial charge in [-0.05, 0) is 54.6 Å². The number of esters is 1. The van der Waals surface area contributed by atoms with E-state index in [0.717, 1.165) is 10.5 Å². The highest BCUT2D eigenvalue weighted by Gasteiger charge is 2.19. The molecule has 11 nitrogen and oxygen atoms in total. The van der Waals surface area contributed by atoms with Crippen molar-refractivity contribution in [3.8, 4) is 5.75 Å². The third-order valence-corrected chi connectivity index (χ3v) is 5.66. The Kier molecular flexibility index (Phi) is 9.66. The lowest BCUT2D eigenvalue weighted by molar-refractivity contribution is -0.385. The van der Waals surface area contributed by atoms with E-state index in [9.17, 15) is 29.3 Å². The summed E-state index contributed by atoms with van der Waals surface area (Å²) in [6.07, 6.45) is -0.502. The third-order valence-electron chi connectivity index (χ3n) is 5.13. The van der Waals surface area contributed by atoms with Gasteiger partial charge in [0.2, 0.25) is 11.7 Å². The molecule has 2 N–H and O–H groups in total. The van der Waals surface area contributed by atoms with Gasteiger partial charge in [-0.25, -0.2) is 0 Å². The lowest BCUT2D eigenvalue weighted by Crippen LogP contribution is -2.17. The Morgan fingerprint density at radius 3 is 2.21 bits per heavy atom. The number of nitrogens with one attached hydrogen (secondary N) is 2. The molecule has 0 radical (unpaired) electrons. The number of anilines is 2. The Bertz CT molecular complexity index is 1380. The number of hydrogen-bond acceptors (Lipinski definition) is 8. The average Bonchev–Trinajstić information content (AvgIpc) is 2.90. The number of nitro benzene ring substituents is 1. The number of Topliss-reactive ketones (excluding diaryl/α,β-unsaturated/α-hetero) is 1. The largest absolute Gasteiger partial charge is 0.490 e. The number of methoxy groups -OCH3 is 1. The van der Waals surface area contributed by atoms with Crippen molar-refractivity contribution in [1.29, 1.82) is 0 Å². The molecule has 3 aromatic carbocycles. The molecule has 0 bridgehead atoms. The fourth-order valence-electron chi connectivity index (χ4n) is 3.23. The standard InChI is InChI=1S/C26H22BrN3O8/c1-37-23-10-7-17(13-21(23)30(35)36)22(31)15-38-25(33)12-11-24(32)28-19-3-2-4-20(14-19)29-26(34)16-5-8-18(27)9-6-16/h2-10,13-14H,11-12,15H2,1H3,(H,28,32)(H,29,34). The van der Waals surface area contributed by atoms with Gasteiger partial charge in [0.05, 0.1) is 18.5 Å². The Labute approximate surface area is 225 Å². The summed E-state index contributed by atoms with van der Waals surface area (Å²) in [5.41, 5.74) is 0.930. The van der Waals surface area contributed by atoms with Crippen molar-refractivity contribution in [3.05, 3.63) is 92.4 Å². The average molecular weight is 584 g/mol. The van der Waals surface area contributed by atoms with Crippen molar-refractivity contribution < 1.29 is 33.6 Å². The van der Waals surface area contributed by atoms with E-state index < -0.39 is 34.9 Å². The number of benzene rings is 3. The van der Waals surface area contributed by atoms with Crippen LogP contribution >= 0.6 is 15.9 Å². The maximum Gasteiger partial charge on any atom is 0.311 e. The molecule has 0 fully saturated rings. The van der Waals surface area contributed by atoms with E-state index in [4.69, 9.17) is 9.47 Å². The van der Waals surface area contributed by atoms with E-state index in [2.05, 4.69) is 26.6 Å². The van der Waals surface area contributed by atoms with Crippen LogP contribution < -0.4 is 15.4 Å². The predicted molar refractivity (Wildman–Crippen MR) is 141 cm³/mol. The van der Waals surface area contributed by atoms with Crippen LogP contribution in [-0.2, 0) is 14.3 Å². The van der Waals surface area contributed by atoms with Gasteiger partial charge in [0, 0.05) is 39.5 Å². The molecule has 196 valence electrons. The van der Waals surface area contributed by atoms with Crippen LogP contribution in [0.25, 0.3) is 0 Å². The minimum atomic E-state index is -0.785. The molecule has 0 heterocycles. The van der Waals surface area contributed by atoms with Gasteiger partial charge in [0.25, 0.3) is 5.91 Å². The van der Waals surface area contributed by atoms with Crippen molar-refractivity contribution in [2.24, 2.45) is 0 Å². The van der Waals surface area contributed by atoms with Gasteiger partial charge in [-0.15, -0.1) is 0 Å². The van der Waals surface area contributed by atoms with Crippen LogP contribution in [0.4, 0.5) is 17.1 Å². The highest BCUT2D eigenvalue weighted by atomic mass is 79.9. The number of amides is 2. The van der Waals surface area contributed by atoms with Crippen LogP contribution in [0, 0.1) is 10.1 Å². The van der Waals surface area contributed by atoms with Crippen molar-refractivity contribution in [2.45, 2.75) is 12.8 Å². The topological polar surface area (TPSA) is 154 Å². The SMILES string of the molecule is COc1ccc(C(=O)COC(=O)CCC(=O)Nc2cccc(NC(=O)c3ccc(Br)cc3)c2)cc1[N+](=O)[O-]. The van der Waals surface area contributed by atoms with Gasteiger partial charge >= 0.3 is 11.7 Å². The highest BCUT2D eigenvalue weighted by Crippen LogP contribution is 2.27. The van der Waals surface area contributed by atoms with E-state index in [0.29, 0.717) is 16.9 Å². The summed E-state index contributed by atoms with van der Waals surface area (Å²) in [6.45, 7) is -0.635. The van der Waals surface area contributed by atoms with Gasteiger partial charge < -0.3 is 20.1 Å². The summed E-state index contributed by atoms with van der Waals surface area (Å²) in [5.74, 6) is -2.23. The third kappa shape index (κ3) is 7.96. The number of nitro groups is 1. The lowest BCUT2D eigenvalue weighted by Gasteiger charge is -2.09. The summed E-state index contributed by atoms with van der Waals surface area (Å²) < 4.78 is 10.6. The van der Waals surface area contributed by atoms with Crippen LogP contribution in [0.15, 0.2) is 71.2 Å². The number of nitrogens with zero attached hydrogens (tertiary/aromatic N) is 1. The molecular weight excluding hydrogens is 562 g/mol. The van der Waals surface area contributed by atoms with E-state index >= 15 is 0 Å². The minimum Gasteiger partial charge on any atom is -0.490 e. The molecule has 0 aliphatic heterocycles. The molecule has 3 rings (SSSR count). The van der Waals surface area contributed by atoms with Gasteiger partial charge in [-0.2, -0.15) is 0 Å². The second-order valence-electron chi connectivity index (χ2n) is 7.82. The Morgan fingerprint density at radius 1 is 0.895 bits per heavy atom. The van der Waals surface area contributed by atoms with Crippen LogP contribution in [0.1, 0.15) is 33.6 Å². The summed E-state index contributed by atoms with van der Waals surface area (Å²) in [4.78, 5) is 59.4. The van der Waals surface area contributed by atoms with Crippen molar-refractivity contribution in [3.63, 3.8) is 0 Å². The number of ketones is 1. The molecule has 12 heteroatoms. The zero-order valence-electron chi connectivity index (χ0n) is 20.1. The number of ether oxygens (including phenoxy) is 2. The Hall–Kier alpha value is -4.58. The number of halogens is 1. The number of carbonyl (C=O) groups is 4. The summed E-state index contributed by atoms with van der Waals surface area (Å²) in [5, 5.41) is 16.5. The molecule has 38 heavy (non-hydrogen) atoms. The van der Waals surface area contributed by atoms with Crippen LogP contribution in [0.5, 0.6) is 5.75 Å². The van der Waals surface area contributed by atoms with E-state index in [1.54, 1.807) is 48.5 Å². The quantitative estimate of drug-likeness (QED) is 0.142. The first-order valence-corrected chi connectivity index (χ1v) is 11.9. The zero-order valence-corrected chi connectivity index (χ0v) is 21.6. The van der Waals surface area contributed by atoms with E-state index in [-0.39, 0.29) is 30.1 Å². The minimum absolute atomic E-state index is 0.00734. The summed E-state index contributed by atoms with van der Waals surface area (Å²) in [7, 11) is 1.27. The second-order valence-corrected chi connectivity index (χ2v) is 8.73. The van der Waals surface area contributed by atoms with Gasteiger partial charge in [0.15, 0.2) is 12.4 Å². The molecule has 0 atom stereocenters. The summed E-state index contributed by atoms with van der Waals surface area (Å²) >= 11 is 3.31. The first-order valence-electron chi connectivity index (χ1n) is 11.1. The van der Waals surface area contributed by atoms with Gasteiger partial charge in [0.1, 0.15) is 0 Å². The normalized spacial score (nSPS) is 10.3. The molecule has 0 spiro atoms. The van der Waals surface area contributed by atoms with Crippen molar-refractivity contribution >= 4 is 56.6 Å². The first-order chi connectivity index (χ1) is 18.2. The molecule has 0 aromatic heterocycles. The van der Waals surface area contributed by atoms with Crippen molar-refractivity contribution in [1.82, 2.24) is 0 Å². The number of hydrogen-bond donors (Lipinski definition) is 2. The second kappa shape index (κ2) is 13.1. The lowest BCUT2D eigenvalue weighted by atomic mass is 10.1. The van der Waals surface area contributed by atoms with Gasteiger partial charge in [-0.3, -0.25) is 29.3 Å². The number of rotatable bonds is 11. The molecule has 0 saturated carbocycles. The van der Waals surface area contributed by atoms with Crippen LogP contribution in [0.3, 0.4) is 0 Å². The maximum absolute atomic E-state index is 12.4. The van der Waals surface area contributed by atoms with E-state index in [1.165, 1.54) is 19.2 Å². The fraction of sp³-hybridized carbons (Fsp3) is 0.154. The van der Waals surface area contributed by atoms with Crippen LogP contribution in [-0.4, -0.2) is 42.2 Å². The predicted octanol–water partition coefficient (Wildman–Crippen LogP) is 4.76. The molecule has 0 aliphatic rings. The molecule has 2 amide bonds. The zero-order chi connectivity index (χ0) is 27.7. The van der Waals surface area contributed by atoms with Crippen molar-refractivity contribution in [2.75, 3.05) is 24.4 Å². The smallest absolute Gasteiger partial charge is 0.311 e. The summed E-state index contributed by atoms with van der Waals surface area (Å²) in [6, 6.07) is 17.0. The molecule has 3 aromatic rings.